The zero-order chi connectivity index (χ0) is 17.9. The molecule has 0 aromatic rings. The molecule has 1 heterocycles. The first kappa shape index (κ1) is 23.7. The van der Waals surface area contributed by atoms with E-state index in [9.17, 15) is 9.59 Å². The molecule has 0 saturated carbocycles. The van der Waals surface area contributed by atoms with Crippen LogP contribution in [-0.2, 0) is 9.53 Å². The molecule has 0 atom stereocenters. The van der Waals surface area contributed by atoms with Gasteiger partial charge in [0.05, 0.1) is 13.7 Å². The van der Waals surface area contributed by atoms with Crippen molar-refractivity contribution < 1.29 is 14.3 Å². The fourth-order valence-electron chi connectivity index (χ4n) is 2.40. The number of guanidine groups is 1. The molecule has 8 nitrogen and oxygen atoms in total. The average molecular weight is 469 g/mol. The lowest BCUT2D eigenvalue weighted by molar-refractivity contribution is -0.123. The molecule has 1 saturated heterocycles. The highest BCUT2D eigenvalue weighted by Gasteiger charge is 2.23. The second-order valence-electron chi connectivity index (χ2n) is 6.08. The summed E-state index contributed by atoms with van der Waals surface area (Å²) in [6, 6.07) is 0.272. The zero-order valence-electron chi connectivity index (χ0n) is 15.6. The van der Waals surface area contributed by atoms with Gasteiger partial charge in [-0.2, -0.15) is 0 Å². The molecule has 146 valence electrons. The van der Waals surface area contributed by atoms with E-state index in [0.717, 1.165) is 25.3 Å². The average Bonchev–Trinajstić information content (AvgIpc) is 2.58. The molecular weight excluding hydrogens is 437 g/mol. The smallest absolute Gasteiger partial charge is 0.409 e. The summed E-state index contributed by atoms with van der Waals surface area (Å²) < 4.78 is 4.74. The minimum Gasteiger partial charge on any atom is -0.453 e. The van der Waals surface area contributed by atoms with Gasteiger partial charge >= 0.3 is 6.09 Å². The molecule has 0 aromatic carbocycles. The van der Waals surface area contributed by atoms with Crippen molar-refractivity contribution in [1.82, 2.24) is 20.9 Å². The lowest BCUT2D eigenvalue weighted by Crippen LogP contribution is -2.50. The van der Waals surface area contributed by atoms with Crippen molar-refractivity contribution in [1.29, 1.82) is 0 Å². The summed E-state index contributed by atoms with van der Waals surface area (Å²) in [5.41, 5.74) is 0. The Balaban J connectivity index is 0.00000576. The Morgan fingerprint density at radius 3 is 2.40 bits per heavy atom. The summed E-state index contributed by atoms with van der Waals surface area (Å²) in [5.74, 6) is 0.770. The number of rotatable bonds is 6. The number of ether oxygens (including phenoxy) is 1. The van der Waals surface area contributed by atoms with E-state index in [1.165, 1.54) is 7.11 Å². The molecule has 0 aromatic heterocycles. The quantitative estimate of drug-likeness (QED) is 0.235. The van der Waals surface area contributed by atoms with Gasteiger partial charge in [0.2, 0.25) is 5.91 Å². The monoisotopic (exact) mass is 469 g/mol. The Kier molecular flexibility index (Phi) is 12.4. The molecular formula is C16H32IN5O3. The van der Waals surface area contributed by atoms with Crippen LogP contribution in [0.15, 0.2) is 4.99 Å². The fourth-order valence-corrected chi connectivity index (χ4v) is 2.40. The highest BCUT2D eigenvalue weighted by atomic mass is 127. The number of halogens is 1. The lowest BCUT2D eigenvalue weighted by atomic mass is 10.1. The van der Waals surface area contributed by atoms with Gasteiger partial charge in [0, 0.05) is 38.1 Å². The summed E-state index contributed by atoms with van der Waals surface area (Å²) in [6.45, 7) is 8.91. The number of piperidine rings is 1. The number of nitrogens with zero attached hydrogens (tertiary/aromatic N) is 2. The van der Waals surface area contributed by atoms with E-state index < -0.39 is 0 Å². The van der Waals surface area contributed by atoms with Crippen LogP contribution in [0, 0.1) is 5.92 Å². The maximum absolute atomic E-state index is 11.5. The molecule has 0 aliphatic carbocycles. The summed E-state index contributed by atoms with van der Waals surface area (Å²) in [4.78, 5) is 29.2. The lowest BCUT2D eigenvalue weighted by Gasteiger charge is -2.32. The molecule has 0 bridgehead atoms. The largest absolute Gasteiger partial charge is 0.453 e. The fraction of sp³-hybridized carbons (Fsp3) is 0.812. The first-order chi connectivity index (χ1) is 11.5. The van der Waals surface area contributed by atoms with E-state index in [-0.39, 0.29) is 47.9 Å². The predicted molar refractivity (Wildman–Crippen MR) is 109 cm³/mol. The Labute approximate surface area is 167 Å². The van der Waals surface area contributed by atoms with Crippen LogP contribution in [0.2, 0.25) is 0 Å². The predicted octanol–water partition coefficient (Wildman–Crippen LogP) is 1.16. The van der Waals surface area contributed by atoms with Crippen molar-refractivity contribution in [2.75, 3.05) is 39.8 Å². The third kappa shape index (κ3) is 9.13. The molecule has 1 rings (SSSR count). The van der Waals surface area contributed by atoms with Crippen molar-refractivity contribution >= 4 is 41.9 Å². The minimum atomic E-state index is -0.269. The van der Waals surface area contributed by atoms with E-state index in [2.05, 4.69) is 20.9 Å². The molecule has 3 N–H and O–H groups in total. The minimum absolute atomic E-state index is 0. The molecule has 2 amide bonds. The zero-order valence-corrected chi connectivity index (χ0v) is 18.0. The standard InChI is InChI=1S/C16H31N5O3.HI/c1-5-17-15(19-9-8-18-14(22)12(2)3)20-13-6-10-21(11-7-13)16(23)24-4;/h12-13H,5-11H2,1-4H3,(H,18,22)(H2,17,19,20);1H. The van der Waals surface area contributed by atoms with Crippen molar-refractivity contribution in [2.45, 2.75) is 39.7 Å². The number of carbonyl (C=O) groups is 2. The molecule has 0 unspecified atom stereocenters. The van der Waals surface area contributed by atoms with Crippen LogP contribution in [-0.4, -0.2) is 68.7 Å². The summed E-state index contributed by atoms with van der Waals surface area (Å²) in [6.07, 6.45) is 1.43. The van der Waals surface area contributed by atoms with Crippen LogP contribution < -0.4 is 16.0 Å². The highest BCUT2D eigenvalue weighted by Crippen LogP contribution is 2.11. The van der Waals surface area contributed by atoms with Crippen molar-refractivity contribution in [3.8, 4) is 0 Å². The SMILES string of the molecule is CCNC(=NCCNC(=O)C(C)C)NC1CCN(C(=O)OC)CC1.I. The second-order valence-corrected chi connectivity index (χ2v) is 6.08. The summed E-state index contributed by atoms with van der Waals surface area (Å²) >= 11 is 0. The topological polar surface area (TPSA) is 95.1 Å². The normalized spacial score (nSPS) is 15.4. The summed E-state index contributed by atoms with van der Waals surface area (Å²) in [5, 5.41) is 9.45. The number of methoxy groups -OCH3 is 1. The molecule has 1 fully saturated rings. The van der Waals surface area contributed by atoms with Crippen molar-refractivity contribution in [3.05, 3.63) is 0 Å². The molecule has 1 aliphatic rings. The third-order valence-electron chi connectivity index (χ3n) is 3.82. The Morgan fingerprint density at radius 2 is 1.88 bits per heavy atom. The van der Waals surface area contributed by atoms with Gasteiger partial charge in [-0.25, -0.2) is 4.79 Å². The molecule has 0 spiro atoms. The number of likely N-dealkylation sites (tertiary alicyclic amines) is 1. The Morgan fingerprint density at radius 1 is 1.24 bits per heavy atom. The van der Waals surface area contributed by atoms with Crippen LogP contribution in [0.1, 0.15) is 33.6 Å². The number of hydrogen-bond donors (Lipinski definition) is 3. The van der Waals surface area contributed by atoms with E-state index >= 15 is 0 Å². The van der Waals surface area contributed by atoms with Gasteiger partial charge < -0.3 is 25.6 Å². The van der Waals surface area contributed by atoms with Crippen LogP contribution in [0.25, 0.3) is 0 Å². The van der Waals surface area contributed by atoms with Crippen LogP contribution >= 0.6 is 24.0 Å². The van der Waals surface area contributed by atoms with Gasteiger partial charge in [-0.1, -0.05) is 13.8 Å². The second kappa shape index (κ2) is 13.0. The van der Waals surface area contributed by atoms with Crippen molar-refractivity contribution in [3.63, 3.8) is 0 Å². The van der Waals surface area contributed by atoms with Gasteiger partial charge in [0.1, 0.15) is 0 Å². The number of carbonyl (C=O) groups excluding carboxylic acids is 2. The molecule has 9 heteroatoms. The van der Waals surface area contributed by atoms with Gasteiger partial charge in [0.15, 0.2) is 5.96 Å². The number of hydrogen-bond acceptors (Lipinski definition) is 4. The van der Waals surface area contributed by atoms with Crippen LogP contribution in [0.4, 0.5) is 4.79 Å². The van der Waals surface area contributed by atoms with Crippen molar-refractivity contribution in [2.24, 2.45) is 10.9 Å². The maximum Gasteiger partial charge on any atom is 0.409 e. The summed E-state index contributed by atoms with van der Waals surface area (Å²) in [7, 11) is 1.40. The van der Waals surface area contributed by atoms with E-state index in [4.69, 9.17) is 4.74 Å². The molecule has 0 radical (unpaired) electrons. The van der Waals surface area contributed by atoms with E-state index in [0.29, 0.717) is 26.2 Å². The van der Waals surface area contributed by atoms with Gasteiger partial charge in [0.25, 0.3) is 0 Å². The molecule has 25 heavy (non-hydrogen) atoms. The number of aliphatic imine (C=N–C) groups is 1. The number of nitrogens with one attached hydrogen (secondary N) is 3. The van der Waals surface area contributed by atoms with E-state index in [1.807, 2.05) is 20.8 Å². The van der Waals surface area contributed by atoms with Gasteiger partial charge in [-0.15, -0.1) is 24.0 Å². The molecule has 1 aliphatic heterocycles. The van der Waals surface area contributed by atoms with Gasteiger partial charge in [-0.05, 0) is 19.8 Å². The number of amides is 2. The maximum atomic E-state index is 11.5. The highest BCUT2D eigenvalue weighted by molar-refractivity contribution is 14.0. The van der Waals surface area contributed by atoms with E-state index in [1.54, 1.807) is 4.90 Å². The van der Waals surface area contributed by atoms with Crippen LogP contribution in [0.5, 0.6) is 0 Å². The first-order valence-corrected chi connectivity index (χ1v) is 8.63. The Bertz CT molecular complexity index is 437. The first-order valence-electron chi connectivity index (χ1n) is 8.63. The Hall–Kier alpha value is -1.26. The van der Waals surface area contributed by atoms with Gasteiger partial charge in [-0.3, -0.25) is 9.79 Å². The third-order valence-corrected chi connectivity index (χ3v) is 3.82. The van der Waals surface area contributed by atoms with Crippen LogP contribution in [0.3, 0.4) is 0 Å².